The van der Waals surface area contributed by atoms with Crippen LogP contribution in [0.1, 0.15) is 52.2 Å². The average Bonchev–Trinajstić information content (AvgIpc) is 3.43. The zero-order valence-corrected chi connectivity index (χ0v) is 19.7. The number of carbonyl (C=O) groups is 1. The van der Waals surface area contributed by atoms with Crippen molar-refractivity contribution >= 4 is 17.5 Å². The van der Waals surface area contributed by atoms with Crippen LogP contribution in [0.4, 0.5) is 8.78 Å². The van der Waals surface area contributed by atoms with Crippen LogP contribution >= 0.6 is 11.6 Å². The van der Waals surface area contributed by atoms with Gasteiger partial charge in [-0.1, -0.05) is 48.9 Å². The number of carbonyl (C=O) groups excluding carboxylic acids is 1. The molecule has 3 aliphatic rings. The molecule has 1 amide bonds. The third-order valence-corrected chi connectivity index (χ3v) is 7.88. The number of fused-ring (bicyclic) bond motifs is 4. The number of halogens is 3. The van der Waals surface area contributed by atoms with Crippen molar-refractivity contribution in [2.75, 3.05) is 13.7 Å². The van der Waals surface area contributed by atoms with Crippen LogP contribution in [0, 0.1) is 11.6 Å². The number of hydrogen-bond acceptors (Lipinski definition) is 4. The number of amides is 1. The Morgan fingerprint density at radius 1 is 1.17 bits per heavy atom. The van der Waals surface area contributed by atoms with E-state index in [1.54, 1.807) is 0 Å². The first-order valence-electron chi connectivity index (χ1n) is 11.4. The van der Waals surface area contributed by atoms with Crippen LogP contribution < -0.4 is 14.8 Å². The highest BCUT2D eigenvalue weighted by Crippen LogP contribution is 2.59. The molecule has 2 unspecified atom stereocenters. The van der Waals surface area contributed by atoms with E-state index < -0.39 is 35.7 Å². The van der Waals surface area contributed by atoms with E-state index in [0.717, 1.165) is 6.07 Å². The predicted octanol–water partition coefficient (Wildman–Crippen LogP) is 5.28. The van der Waals surface area contributed by atoms with E-state index in [4.69, 9.17) is 21.1 Å². The van der Waals surface area contributed by atoms with Gasteiger partial charge in [0.05, 0.1) is 17.2 Å². The molecule has 8 heteroatoms. The third-order valence-electron chi connectivity index (χ3n) is 7.51. The summed E-state index contributed by atoms with van der Waals surface area (Å²) in [6.07, 6.45) is 0.585. The fraction of sp³-hybridized carbons (Fsp3) is 0.296. The molecule has 0 spiro atoms. The summed E-state index contributed by atoms with van der Waals surface area (Å²) >= 11 is 6.53. The Balaban J connectivity index is 1.65. The summed E-state index contributed by atoms with van der Waals surface area (Å²) in [5, 5.41) is 12.7. The van der Waals surface area contributed by atoms with Crippen molar-refractivity contribution in [3.8, 4) is 22.6 Å². The van der Waals surface area contributed by atoms with Crippen LogP contribution in [0.25, 0.3) is 11.1 Å². The van der Waals surface area contributed by atoms with E-state index in [9.17, 15) is 9.90 Å². The van der Waals surface area contributed by atoms with Gasteiger partial charge in [0.2, 0.25) is 0 Å². The van der Waals surface area contributed by atoms with Gasteiger partial charge in [-0.05, 0) is 18.1 Å². The molecule has 1 aliphatic carbocycles. The number of hydrogen-bond donors (Lipinski definition) is 2. The summed E-state index contributed by atoms with van der Waals surface area (Å²) < 4.78 is 43.5. The second-order valence-electron chi connectivity index (χ2n) is 9.30. The second kappa shape index (κ2) is 7.67. The van der Waals surface area contributed by atoms with Crippen molar-refractivity contribution in [2.45, 2.75) is 36.9 Å². The standard InChI is InChI=1S/C27H22ClF2NO4/c1-12-20-19(35-27(12,11-32)13-6-4-3-5-7-13)10-16(29)24(28)23(20)22-15(26(33)31-2)9-18-21(25(22)30)14-8-17(14)34-18/h3-7,9-10,12,14,17,32H,8,11H2,1-2H3,(H,31,33)/t12-,14?,17?,27-/m0/s1. The maximum atomic E-state index is 16.3. The maximum Gasteiger partial charge on any atom is 0.251 e. The molecule has 4 atom stereocenters. The Bertz CT molecular complexity index is 1400. The summed E-state index contributed by atoms with van der Waals surface area (Å²) in [5.41, 5.74) is 0.234. The molecule has 3 aromatic rings. The van der Waals surface area contributed by atoms with Crippen LogP contribution in [0.5, 0.6) is 11.5 Å². The Labute approximate surface area is 205 Å². The molecule has 35 heavy (non-hydrogen) atoms. The molecular formula is C27H22ClF2NO4. The van der Waals surface area contributed by atoms with Crippen LogP contribution in [0.3, 0.4) is 0 Å². The highest BCUT2D eigenvalue weighted by atomic mass is 35.5. The van der Waals surface area contributed by atoms with Gasteiger partial charge in [0.15, 0.2) is 5.60 Å². The van der Waals surface area contributed by atoms with Crippen molar-refractivity contribution in [3.05, 3.63) is 81.4 Å². The van der Waals surface area contributed by atoms with Gasteiger partial charge >= 0.3 is 0 Å². The van der Waals surface area contributed by atoms with Crippen molar-refractivity contribution in [2.24, 2.45) is 0 Å². The Morgan fingerprint density at radius 2 is 1.91 bits per heavy atom. The Kier molecular flexibility index (Phi) is 4.89. The summed E-state index contributed by atoms with van der Waals surface area (Å²) in [6, 6.07) is 11.8. The molecule has 1 saturated carbocycles. The molecule has 0 bridgehead atoms. The van der Waals surface area contributed by atoms with E-state index in [2.05, 4.69) is 5.32 Å². The van der Waals surface area contributed by atoms with Crippen molar-refractivity contribution < 1.29 is 28.2 Å². The molecule has 5 nitrogen and oxygen atoms in total. The van der Waals surface area contributed by atoms with Crippen LogP contribution in [-0.4, -0.2) is 30.8 Å². The monoisotopic (exact) mass is 497 g/mol. The first kappa shape index (κ1) is 22.3. The van der Waals surface area contributed by atoms with Crippen LogP contribution in [-0.2, 0) is 5.60 Å². The van der Waals surface area contributed by atoms with E-state index in [1.165, 1.54) is 13.1 Å². The van der Waals surface area contributed by atoms with E-state index in [0.29, 0.717) is 28.9 Å². The molecule has 0 saturated heterocycles. The van der Waals surface area contributed by atoms with Crippen LogP contribution in [0.2, 0.25) is 5.02 Å². The second-order valence-corrected chi connectivity index (χ2v) is 9.68. The summed E-state index contributed by atoms with van der Waals surface area (Å²) in [6.45, 7) is 1.41. The maximum absolute atomic E-state index is 16.3. The highest BCUT2D eigenvalue weighted by molar-refractivity contribution is 6.34. The lowest BCUT2D eigenvalue weighted by molar-refractivity contribution is 0.00737. The molecular weight excluding hydrogens is 476 g/mol. The first-order chi connectivity index (χ1) is 16.8. The molecule has 180 valence electrons. The van der Waals surface area contributed by atoms with Crippen LogP contribution in [0.15, 0.2) is 42.5 Å². The van der Waals surface area contributed by atoms with Gasteiger partial charge in [-0.15, -0.1) is 0 Å². The van der Waals surface area contributed by atoms with E-state index in [1.807, 2.05) is 37.3 Å². The minimum Gasteiger partial charge on any atom is -0.489 e. The molecule has 6 rings (SSSR count). The molecule has 2 heterocycles. The molecule has 2 N–H and O–H groups in total. The zero-order valence-electron chi connectivity index (χ0n) is 19.0. The number of aliphatic hydroxyl groups excluding tert-OH is 1. The molecule has 2 aliphatic heterocycles. The van der Waals surface area contributed by atoms with Crippen molar-refractivity contribution in [1.82, 2.24) is 5.32 Å². The molecule has 1 fully saturated rings. The topological polar surface area (TPSA) is 67.8 Å². The lowest BCUT2D eigenvalue weighted by Gasteiger charge is -2.32. The lowest BCUT2D eigenvalue weighted by Crippen LogP contribution is -2.38. The van der Waals surface area contributed by atoms with E-state index >= 15 is 8.78 Å². The summed E-state index contributed by atoms with van der Waals surface area (Å²) in [7, 11) is 1.44. The van der Waals surface area contributed by atoms with E-state index in [-0.39, 0.29) is 39.5 Å². The fourth-order valence-corrected chi connectivity index (χ4v) is 5.85. The minimum absolute atomic E-state index is 0.00633. The van der Waals surface area contributed by atoms with Gasteiger partial charge in [-0.2, -0.15) is 0 Å². The molecule has 0 aromatic heterocycles. The van der Waals surface area contributed by atoms with Crippen molar-refractivity contribution in [3.63, 3.8) is 0 Å². The predicted molar refractivity (Wildman–Crippen MR) is 126 cm³/mol. The summed E-state index contributed by atoms with van der Waals surface area (Å²) in [5.74, 6) is -2.18. The van der Waals surface area contributed by atoms with Gasteiger partial charge in [-0.25, -0.2) is 8.78 Å². The quantitative estimate of drug-likeness (QED) is 0.515. The fourth-order valence-electron chi connectivity index (χ4n) is 5.60. The number of aliphatic hydroxyl groups is 1. The van der Waals surface area contributed by atoms with Gasteiger partial charge in [0.25, 0.3) is 5.91 Å². The normalized spacial score (nSPS) is 25.3. The number of benzene rings is 3. The first-order valence-corrected chi connectivity index (χ1v) is 11.8. The minimum atomic E-state index is -1.24. The van der Waals surface area contributed by atoms with Gasteiger partial charge < -0.3 is 19.9 Å². The summed E-state index contributed by atoms with van der Waals surface area (Å²) in [4.78, 5) is 12.9. The molecule has 0 radical (unpaired) electrons. The largest absolute Gasteiger partial charge is 0.489 e. The Morgan fingerprint density at radius 3 is 2.60 bits per heavy atom. The van der Waals surface area contributed by atoms with Gasteiger partial charge in [-0.3, -0.25) is 4.79 Å². The third kappa shape index (κ3) is 2.98. The number of rotatable bonds is 4. The zero-order chi connectivity index (χ0) is 24.6. The highest BCUT2D eigenvalue weighted by Gasteiger charge is 2.53. The smallest absolute Gasteiger partial charge is 0.251 e. The number of ether oxygens (including phenoxy) is 2. The lowest BCUT2D eigenvalue weighted by atomic mass is 9.77. The van der Waals surface area contributed by atoms with Crippen molar-refractivity contribution in [1.29, 1.82) is 0 Å². The SMILES string of the molecule is CNC(=O)c1cc2c(c(F)c1-c1c(Cl)c(F)cc3c1[C@H](C)[C@@](CO)(c1ccccc1)O3)C1CC1O2. The van der Waals surface area contributed by atoms with Gasteiger partial charge in [0, 0.05) is 47.2 Å². The van der Waals surface area contributed by atoms with Gasteiger partial charge in [0.1, 0.15) is 29.2 Å². The average molecular weight is 498 g/mol. The molecule has 3 aromatic carbocycles. The number of nitrogens with one attached hydrogen (secondary N) is 1. The Hall–Kier alpha value is -3.16.